The minimum absolute atomic E-state index is 0.113. The van der Waals surface area contributed by atoms with Crippen molar-refractivity contribution in [2.45, 2.75) is 57.4 Å². The number of hydrogen-bond acceptors (Lipinski definition) is 4. The maximum Gasteiger partial charge on any atom is 0.136 e. The molecule has 1 saturated heterocycles. The Morgan fingerprint density at radius 1 is 1.12 bits per heavy atom. The highest BCUT2D eigenvalue weighted by Gasteiger charge is 2.35. The number of rotatable bonds is 3. The SMILES string of the molecule is Cc1nc2c(c(N3CCCC3C(C#N)c3ccccc3)n1)CCCC2. The van der Waals surface area contributed by atoms with Crippen molar-refractivity contribution in [1.82, 2.24) is 9.97 Å². The maximum atomic E-state index is 9.89. The molecule has 0 radical (unpaired) electrons. The Morgan fingerprint density at radius 2 is 1.92 bits per heavy atom. The number of hydrogen-bond donors (Lipinski definition) is 0. The first kappa shape index (κ1) is 16.1. The van der Waals surface area contributed by atoms with Gasteiger partial charge in [0.1, 0.15) is 11.6 Å². The van der Waals surface area contributed by atoms with Gasteiger partial charge in [0.05, 0.1) is 18.0 Å². The van der Waals surface area contributed by atoms with Crippen LogP contribution in [0, 0.1) is 18.3 Å². The fourth-order valence-corrected chi connectivity index (χ4v) is 4.38. The average Bonchev–Trinajstić information content (AvgIpc) is 3.12. The molecule has 2 aromatic rings. The number of nitriles is 1. The molecule has 1 aromatic carbocycles. The third-order valence-corrected chi connectivity index (χ3v) is 5.53. The van der Waals surface area contributed by atoms with Gasteiger partial charge in [0.2, 0.25) is 0 Å². The van der Waals surface area contributed by atoms with Crippen LogP contribution in [0.3, 0.4) is 0 Å². The van der Waals surface area contributed by atoms with Crippen LogP contribution >= 0.6 is 0 Å². The van der Waals surface area contributed by atoms with E-state index in [0.29, 0.717) is 0 Å². The number of fused-ring (bicyclic) bond motifs is 1. The molecule has 128 valence electrons. The molecule has 1 aliphatic carbocycles. The third kappa shape index (κ3) is 3.00. The summed E-state index contributed by atoms with van der Waals surface area (Å²) in [4.78, 5) is 11.9. The summed E-state index contributed by atoms with van der Waals surface area (Å²) in [7, 11) is 0. The molecule has 4 heteroatoms. The van der Waals surface area contributed by atoms with Gasteiger partial charge in [-0.25, -0.2) is 9.97 Å². The Kier molecular flexibility index (Phi) is 4.40. The Morgan fingerprint density at radius 3 is 2.72 bits per heavy atom. The molecule has 2 atom stereocenters. The molecule has 0 N–H and O–H groups in total. The van der Waals surface area contributed by atoms with E-state index in [1.807, 2.05) is 25.1 Å². The molecule has 2 heterocycles. The first-order chi connectivity index (χ1) is 12.3. The Bertz CT molecular complexity index is 794. The molecule has 0 saturated carbocycles. The molecular formula is C21H24N4. The van der Waals surface area contributed by atoms with Gasteiger partial charge in [-0.2, -0.15) is 5.26 Å². The highest BCUT2D eigenvalue weighted by molar-refractivity contribution is 5.53. The predicted molar refractivity (Wildman–Crippen MR) is 98.6 cm³/mol. The van der Waals surface area contributed by atoms with Crippen LogP contribution in [0.2, 0.25) is 0 Å². The van der Waals surface area contributed by atoms with Crippen LogP contribution in [0.1, 0.15) is 54.2 Å². The van der Waals surface area contributed by atoms with Gasteiger partial charge in [-0.3, -0.25) is 0 Å². The minimum Gasteiger partial charge on any atom is -0.352 e. The number of anilines is 1. The monoisotopic (exact) mass is 332 g/mol. The van der Waals surface area contributed by atoms with Gasteiger partial charge in [0, 0.05) is 17.8 Å². The topological polar surface area (TPSA) is 52.8 Å². The second-order valence-electron chi connectivity index (χ2n) is 7.15. The van der Waals surface area contributed by atoms with Crippen LogP contribution in [-0.4, -0.2) is 22.6 Å². The van der Waals surface area contributed by atoms with Crippen molar-refractivity contribution in [3.8, 4) is 6.07 Å². The van der Waals surface area contributed by atoms with Crippen molar-refractivity contribution >= 4 is 5.82 Å². The van der Waals surface area contributed by atoms with Gasteiger partial charge in [-0.1, -0.05) is 30.3 Å². The van der Waals surface area contributed by atoms with E-state index in [0.717, 1.165) is 49.4 Å². The summed E-state index contributed by atoms with van der Waals surface area (Å²) in [5.41, 5.74) is 3.67. The Labute approximate surface area is 149 Å². The lowest BCUT2D eigenvalue weighted by molar-refractivity contribution is 0.595. The van der Waals surface area contributed by atoms with Gasteiger partial charge in [0.25, 0.3) is 0 Å². The number of aromatic nitrogens is 2. The van der Waals surface area contributed by atoms with Crippen molar-refractivity contribution in [3.05, 3.63) is 53.0 Å². The molecule has 2 aliphatic rings. The molecule has 2 unspecified atom stereocenters. The fraction of sp³-hybridized carbons (Fsp3) is 0.476. The van der Waals surface area contributed by atoms with Gasteiger partial charge in [0.15, 0.2) is 0 Å². The molecule has 0 amide bonds. The van der Waals surface area contributed by atoms with Crippen LogP contribution in [0.15, 0.2) is 30.3 Å². The molecular weight excluding hydrogens is 308 g/mol. The molecule has 4 nitrogen and oxygen atoms in total. The van der Waals surface area contributed by atoms with Crippen LogP contribution in [0.5, 0.6) is 0 Å². The van der Waals surface area contributed by atoms with E-state index >= 15 is 0 Å². The summed E-state index contributed by atoms with van der Waals surface area (Å²) < 4.78 is 0. The molecule has 1 aromatic heterocycles. The lowest BCUT2D eigenvalue weighted by Crippen LogP contribution is -2.36. The number of aryl methyl sites for hydroxylation is 2. The van der Waals surface area contributed by atoms with Gasteiger partial charge < -0.3 is 4.90 Å². The quantitative estimate of drug-likeness (QED) is 0.854. The van der Waals surface area contributed by atoms with E-state index in [1.54, 1.807) is 0 Å². The molecule has 1 fully saturated rings. The summed E-state index contributed by atoms with van der Waals surface area (Å²) in [6, 6.07) is 13.0. The van der Waals surface area contributed by atoms with Gasteiger partial charge in [-0.05, 0) is 51.0 Å². The highest BCUT2D eigenvalue weighted by atomic mass is 15.2. The highest BCUT2D eigenvalue weighted by Crippen LogP contribution is 2.37. The molecule has 0 bridgehead atoms. The van der Waals surface area contributed by atoms with Crippen molar-refractivity contribution in [2.24, 2.45) is 0 Å². The zero-order chi connectivity index (χ0) is 17.2. The third-order valence-electron chi connectivity index (χ3n) is 5.53. The largest absolute Gasteiger partial charge is 0.352 e. The second-order valence-corrected chi connectivity index (χ2v) is 7.15. The van der Waals surface area contributed by atoms with Gasteiger partial charge in [-0.15, -0.1) is 0 Å². The van der Waals surface area contributed by atoms with Crippen LogP contribution in [0.4, 0.5) is 5.82 Å². The maximum absolute atomic E-state index is 9.89. The second kappa shape index (κ2) is 6.84. The Hall–Kier alpha value is -2.41. The summed E-state index contributed by atoms with van der Waals surface area (Å²) in [5.74, 6) is 1.84. The zero-order valence-corrected chi connectivity index (χ0v) is 14.8. The van der Waals surface area contributed by atoms with Crippen molar-refractivity contribution < 1.29 is 0 Å². The van der Waals surface area contributed by atoms with E-state index < -0.39 is 0 Å². The molecule has 1 aliphatic heterocycles. The standard InChI is InChI=1S/C21H24N4/c1-15-23-19-11-6-5-10-17(19)21(24-15)25-13-7-12-20(25)18(14-22)16-8-3-2-4-9-16/h2-4,8-9,18,20H,5-7,10-13H2,1H3. The van der Waals surface area contributed by atoms with Gasteiger partial charge >= 0.3 is 0 Å². The van der Waals surface area contributed by atoms with E-state index in [-0.39, 0.29) is 12.0 Å². The van der Waals surface area contributed by atoms with E-state index in [4.69, 9.17) is 9.97 Å². The van der Waals surface area contributed by atoms with Crippen LogP contribution < -0.4 is 4.90 Å². The normalized spacial score (nSPS) is 20.8. The zero-order valence-electron chi connectivity index (χ0n) is 14.8. The predicted octanol–water partition coefficient (Wildman–Crippen LogP) is 3.94. The molecule has 25 heavy (non-hydrogen) atoms. The number of nitrogens with zero attached hydrogens (tertiary/aromatic N) is 4. The smallest absolute Gasteiger partial charge is 0.136 e. The minimum atomic E-state index is -0.113. The fourth-order valence-electron chi connectivity index (χ4n) is 4.38. The van der Waals surface area contributed by atoms with Crippen LogP contribution in [0.25, 0.3) is 0 Å². The van der Waals surface area contributed by atoms with Crippen molar-refractivity contribution in [3.63, 3.8) is 0 Å². The van der Waals surface area contributed by atoms with E-state index in [2.05, 4.69) is 23.1 Å². The molecule has 4 rings (SSSR count). The first-order valence-corrected chi connectivity index (χ1v) is 9.35. The summed E-state index contributed by atoms with van der Waals surface area (Å²) in [6.45, 7) is 2.97. The van der Waals surface area contributed by atoms with E-state index in [9.17, 15) is 5.26 Å². The summed E-state index contributed by atoms with van der Waals surface area (Å²) >= 11 is 0. The first-order valence-electron chi connectivity index (χ1n) is 9.35. The summed E-state index contributed by atoms with van der Waals surface area (Å²) in [6.07, 6.45) is 6.72. The Balaban J connectivity index is 1.73. The lowest BCUT2D eigenvalue weighted by atomic mass is 9.90. The average molecular weight is 332 g/mol. The summed E-state index contributed by atoms with van der Waals surface area (Å²) in [5, 5.41) is 9.89. The number of benzene rings is 1. The van der Waals surface area contributed by atoms with Crippen molar-refractivity contribution in [2.75, 3.05) is 11.4 Å². The van der Waals surface area contributed by atoms with Crippen molar-refractivity contribution in [1.29, 1.82) is 5.26 Å². The van der Waals surface area contributed by atoms with Crippen LogP contribution in [-0.2, 0) is 12.8 Å². The lowest BCUT2D eigenvalue weighted by Gasteiger charge is -2.32. The van der Waals surface area contributed by atoms with E-state index in [1.165, 1.54) is 24.1 Å². The molecule has 0 spiro atoms.